The summed E-state index contributed by atoms with van der Waals surface area (Å²) in [5.74, 6) is -1.32. The van der Waals surface area contributed by atoms with Crippen LogP contribution in [-0.2, 0) is 10.1 Å². The summed E-state index contributed by atoms with van der Waals surface area (Å²) in [6, 6.07) is 5.46. The molecule has 0 aliphatic heterocycles. The van der Waals surface area contributed by atoms with E-state index in [0.717, 1.165) is 0 Å². The number of hydrogen-bond acceptors (Lipinski definition) is 5. The van der Waals surface area contributed by atoms with Crippen molar-refractivity contribution >= 4 is 44.4 Å². The number of fused-ring (bicyclic) bond motifs is 1. The molecule has 0 saturated carbocycles. The minimum Gasteiger partial charge on any atom is -0.366 e. The van der Waals surface area contributed by atoms with Crippen LogP contribution in [0.1, 0.15) is 56.9 Å². The van der Waals surface area contributed by atoms with Crippen LogP contribution in [0.5, 0.6) is 0 Å². The number of H-pyrrole nitrogens is 1. The van der Waals surface area contributed by atoms with Crippen LogP contribution in [0.4, 0.5) is 0 Å². The molecule has 0 saturated heterocycles. The van der Waals surface area contributed by atoms with Gasteiger partial charge < -0.3 is 10.7 Å². The quantitative estimate of drug-likeness (QED) is 0.383. The van der Waals surface area contributed by atoms with E-state index in [9.17, 15) is 22.6 Å². The van der Waals surface area contributed by atoms with E-state index in [1.807, 2.05) is 0 Å². The van der Waals surface area contributed by atoms with Crippen molar-refractivity contribution in [1.29, 1.82) is 0 Å². The molecule has 29 heavy (non-hydrogen) atoms. The van der Waals surface area contributed by atoms with E-state index in [4.69, 9.17) is 17.3 Å². The fraction of sp³-hybridized carbons (Fsp3) is 0.211. The standard InChI is InChI=1S/C19H18ClN3O5S/c1-2-3-16(29(26,27)28)12-5-4-10(18(21)25)6-13(12)17(24)15-9-23-19-14(15)7-11(20)8-22-19/h4-9,16H,2-3H2,1H3,(H2,21,25)(H,22,23)(H,26,27,28). The number of primary amides is 1. The number of carbonyl (C=O) groups is 2. The molecular formula is C19H18ClN3O5S. The zero-order valence-electron chi connectivity index (χ0n) is 15.3. The van der Waals surface area contributed by atoms with Crippen molar-refractivity contribution in [3.05, 3.63) is 63.9 Å². The SMILES string of the molecule is CCCC(c1ccc(C(N)=O)cc1C(=O)c1c[nH]c2ncc(Cl)cc12)S(=O)(=O)O. The van der Waals surface area contributed by atoms with E-state index in [0.29, 0.717) is 22.5 Å². The third kappa shape index (κ3) is 4.16. The van der Waals surface area contributed by atoms with Gasteiger partial charge in [-0.25, -0.2) is 4.98 Å². The van der Waals surface area contributed by atoms with Gasteiger partial charge in [0.25, 0.3) is 10.1 Å². The summed E-state index contributed by atoms with van der Waals surface area (Å²) < 4.78 is 33.7. The van der Waals surface area contributed by atoms with Crippen LogP contribution in [0.25, 0.3) is 11.0 Å². The Morgan fingerprint density at radius 2 is 2.00 bits per heavy atom. The number of carbonyl (C=O) groups excluding carboxylic acids is 2. The number of ketones is 1. The fourth-order valence-corrected chi connectivity index (χ4v) is 4.44. The number of hydrogen-bond donors (Lipinski definition) is 3. The first-order valence-corrected chi connectivity index (χ1v) is 10.6. The number of halogens is 1. The minimum atomic E-state index is -4.50. The maximum absolute atomic E-state index is 13.3. The van der Waals surface area contributed by atoms with Gasteiger partial charge in [-0.1, -0.05) is 31.0 Å². The molecule has 3 rings (SSSR count). The highest BCUT2D eigenvalue weighted by atomic mass is 35.5. The number of pyridine rings is 1. The maximum Gasteiger partial charge on any atom is 0.272 e. The van der Waals surface area contributed by atoms with Gasteiger partial charge in [0.1, 0.15) is 10.9 Å². The summed E-state index contributed by atoms with van der Waals surface area (Å²) >= 11 is 5.99. The lowest BCUT2D eigenvalue weighted by Gasteiger charge is -2.17. The molecule has 8 nitrogen and oxygen atoms in total. The molecule has 4 N–H and O–H groups in total. The van der Waals surface area contributed by atoms with E-state index in [1.54, 1.807) is 13.0 Å². The molecular weight excluding hydrogens is 418 g/mol. The molecule has 0 radical (unpaired) electrons. The molecule has 3 aromatic rings. The Balaban J connectivity index is 2.25. The normalized spacial score (nSPS) is 12.8. The second-order valence-electron chi connectivity index (χ2n) is 6.54. The highest BCUT2D eigenvalue weighted by molar-refractivity contribution is 7.86. The Labute approximate surface area is 171 Å². The zero-order valence-corrected chi connectivity index (χ0v) is 16.9. The number of nitrogens with zero attached hydrogens (tertiary/aromatic N) is 1. The molecule has 1 atom stereocenters. The third-order valence-electron chi connectivity index (χ3n) is 4.58. The summed E-state index contributed by atoms with van der Waals surface area (Å²) in [5.41, 5.74) is 6.04. The van der Waals surface area contributed by atoms with Crippen molar-refractivity contribution in [2.24, 2.45) is 5.73 Å². The Hall–Kier alpha value is -2.75. The first-order valence-electron chi connectivity index (χ1n) is 8.70. The first kappa shape index (κ1) is 21.0. The average molecular weight is 436 g/mol. The second-order valence-corrected chi connectivity index (χ2v) is 8.58. The lowest BCUT2D eigenvalue weighted by atomic mass is 9.93. The summed E-state index contributed by atoms with van der Waals surface area (Å²) in [4.78, 5) is 31.9. The number of amides is 1. The van der Waals surface area contributed by atoms with Gasteiger partial charge in [0, 0.05) is 34.5 Å². The minimum absolute atomic E-state index is 0.0404. The lowest BCUT2D eigenvalue weighted by Crippen LogP contribution is -2.18. The van der Waals surface area contributed by atoms with E-state index in [1.165, 1.54) is 30.6 Å². The van der Waals surface area contributed by atoms with E-state index >= 15 is 0 Å². The average Bonchev–Trinajstić information content (AvgIpc) is 3.07. The van der Waals surface area contributed by atoms with Crippen LogP contribution in [0.2, 0.25) is 5.02 Å². The highest BCUT2D eigenvalue weighted by Gasteiger charge is 2.30. The number of benzene rings is 1. The molecule has 0 spiro atoms. The zero-order chi connectivity index (χ0) is 21.3. The molecule has 152 valence electrons. The van der Waals surface area contributed by atoms with Gasteiger partial charge in [-0.05, 0) is 30.2 Å². The summed E-state index contributed by atoms with van der Waals surface area (Å²) in [6.45, 7) is 1.75. The van der Waals surface area contributed by atoms with Crippen LogP contribution < -0.4 is 5.73 Å². The van der Waals surface area contributed by atoms with Crippen molar-refractivity contribution in [3.8, 4) is 0 Å². The summed E-state index contributed by atoms with van der Waals surface area (Å²) in [6.07, 6.45) is 3.39. The molecule has 0 fully saturated rings. The van der Waals surface area contributed by atoms with Gasteiger partial charge in [0.2, 0.25) is 5.91 Å². The number of nitrogens with two attached hydrogens (primary N) is 1. The monoisotopic (exact) mass is 435 g/mol. The number of aromatic nitrogens is 2. The van der Waals surface area contributed by atoms with Crippen LogP contribution in [-0.4, -0.2) is 34.6 Å². The van der Waals surface area contributed by atoms with Crippen LogP contribution in [0, 0.1) is 0 Å². The predicted molar refractivity (Wildman–Crippen MR) is 109 cm³/mol. The number of rotatable bonds is 7. The molecule has 2 aromatic heterocycles. The van der Waals surface area contributed by atoms with Gasteiger partial charge in [0.05, 0.1) is 5.02 Å². The summed E-state index contributed by atoms with van der Waals surface area (Å²) in [7, 11) is -4.50. The molecule has 1 amide bonds. The van der Waals surface area contributed by atoms with E-state index in [-0.39, 0.29) is 28.7 Å². The molecule has 0 bridgehead atoms. The molecule has 1 aromatic carbocycles. The first-order chi connectivity index (χ1) is 13.6. The highest BCUT2D eigenvalue weighted by Crippen LogP contribution is 2.32. The topological polar surface area (TPSA) is 143 Å². The Morgan fingerprint density at radius 3 is 2.62 bits per heavy atom. The molecule has 10 heteroatoms. The lowest BCUT2D eigenvalue weighted by molar-refractivity contribution is 0.1000. The van der Waals surface area contributed by atoms with Crippen LogP contribution >= 0.6 is 11.6 Å². The van der Waals surface area contributed by atoms with E-state index < -0.39 is 27.1 Å². The Kier molecular flexibility index (Phi) is 5.74. The fourth-order valence-electron chi connectivity index (χ4n) is 3.22. The maximum atomic E-state index is 13.3. The Morgan fingerprint density at radius 1 is 1.28 bits per heavy atom. The van der Waals surface area contributed by atoms with Crippen molar-refractivity contribution in [2.75, 3.05) is 0 Å². The molecule has 0 aliphatic rings. The predicted octanol–water partition coefficient (Wildman–Crippen LogP) is 3.28. The second kappa shape index (κ2) is 7.94. The third-order valence-corrected chi connectivity index (χ3v) is 6.00. The van der Waals surface area contributed by atoms with Crippen molar-refractivity contribution in [3.63, 3.8) is 0 Å². The smallest absolute Gasteiger partial charge is 0.272 e. The Bertz CT molecular complexity index is 1220. The molecule has 0 aliphatic carbocycles. The van der Waals surface area contributed by atoms with Gasteiger partial charge >= 0.3 is 0 Å². The summed E-state index contributed by atoms with van der Waals surface area (Å²) in [5, 5.41) is -0.559. The van der Waals surface area contributed by atoms with Gasteiger partial charge in [-0.3, -0.25) is 14.1 Å². The van der Waals surface area contributed by atoms with Crippen molar-refractivity contribution < 1.29 is 22.6 Å². The number of aromatic amines is 1. The molecule has 1 unspecified atom stereocenters. The van der Waals surface area contributed by atoms with Crippen molar-refractivity contribution in [2.45, 2.75) is 25.0 Å². The molecule has 2 heterocycles. The van der Waals surface area contributed by atoms with Crippen LogP contribution in [0.3, 0.4) is 0 Å². The van der Waals surface area contributed by atoms with Crippen LogP contribution in [0.15, 0.2) is 36.7 Å². The largest absolute Gasteiger partial charge is 0.366 e. The van der Waals surface area contributed by atoms with E-state index in [2.05, 4.69) is 9.97 Å². The number of nitrogens with one attached hydrogen (secondary N) is 1. The van der Waals surface area contributed by atoms with Gasteiger partial charge in [-0.2, -0.15) is 8.42 Å². The van der Waals surface area contributed by atoms with Gasteiger partial charge in [0.15, 0.2) is 5.78 Å². The van der Waals surface area contributed by atoms with Gasteiger partial charge in [-0.15, -0.1) is 0 Å². The van der Waals surface area contributed by atoms with Crippen molar-refractivity contribution in [1.82, 2.24) is 9.97 Å².